The van der Waals surface area contributed by atoms with Crippen LogP contribution in [0.25, 0.3) is 5.52 Å². The van der Waals surface area contributed by atoms with Crippen molar-refractivity contribution in [3.8, 4) is 0 Å². The van der Waals surface area contributed by atoms with E-state index in [1.54, 1.807) is 34.6 Å². The maximum atomic E-state index is 14.0. The molecule has 242 valence electrons. The Bertz CT molecular complexity index is 1730. The van der Waals surface area contributed by atoms with Crippen molar-refractivity contribution in [2.45, 2.75) is 46.0 Å². The van der Waals surface area contributed by atoms with Gasteiger partial charge in [0.15, 0.2) is 0 Å². The Hall–Kier alpha value is -3.58. The fourth-order valence-corrected chi connectivity index (χ4v) is 5.28. The van der Waals surface area contributed by atoms with E-state index in [0.29, 0.717) is 53.0 Å². The van der Waals surface area contributed by atoms with E-state index < -0.39 is 18.2 Å². The number of benzene rings is 2. The van der Waals surface area contributed by atoms with Crippen molar-refractivity contribution >= 4 is 52.2 Å². The van der Waals surface area contributed by atoms with Crippen LogP contribution in [0.3, 0.4) is 0 Å². The average molecular weight is 689 g/mol. The van der Waals surface area contributed by atoms with Crippen LogP contribution >= 0.6 is 34.8 Å². The molecule has 0 saturated heterocycles. The molecule has 3 N–H and O–H groups in total. The van der Waals surface area contributed by atoms with Crippen molar-refractivity contribution in [1.29, 1.82) is 0 Å². The van der Waals surface area contributed by atoms with E-state index in [4.69, 9.17) is 50.4 Å². The van der Waals surface area contributed by atoms with Crippen molar-refractivity contribution in [1.82, 2.24) is 19.1 Å². The summed E-state index contributed by atoms with van der Waals surface area (Å²) in [4.78, 5) is 38.5. The number of nitrogens with two attached hydrogens (primary N) is 1. The van der Waals surface area contributed by atoms with Crippen LogP contribution < -0.4 is 11.4 Å². The third-order valence-corrected chi connectivity index (χ3v) is 8.06. The molecule has 9 nitrogen and oxygen atoms in total. The van der Waals surface area contributed by atoms with E-state index in [0.717, 1.165) is 5.56 Å². The summed E-state index contributed by atoms with van der Waals surface area (Å²) in [5.41, 5.74) is 8.44. The number of aliphatic carboxylic acids is 1. The molecule has 0 spiro atoms. The summed E-state index contributed by atoms with van der Waals surface area (Å²) in [6.07, 6.45) is -4.52. The van der Waals surface area contributed by atoms with Gasteiger partial charge in [0.05, 0.1) is 44.4 Å². The number of carboxylic acids is 1. The van der Waals surface area contributed by atoms with Crippen LogP contribution in [0.1, 0.15) is 53.6 Å². The first kappa shape index (κ1) is 35.9. The summed E-state index contributed by atoms with van der Waals surface area (Å²) in [6, 6.07) is 16.0. The number of halogens is 6. The van der Waals surface area contributed by atoms with Crippen LogP contribution in [0.5, 0.6) is 0 Å². The molecule has 1 amide bonds. The molecular formula is C30H31Cl3F3N5O4. The lowest BCUT2D eigenvalue weighted by Crippen LogP contribution is -2.42. The lowest BCUT2D eigenvalue weighted by Gasteiger charge is -2.36. The molecule has 45 heavy (non-hydrogen) atoms. The van der Waals surface area contributed by atoms with E-state index in [1.807, 2.05) is 50.2 Å². The Balaban J connectivity index is 0.000000707. The van der Waals surface area contributed by atoms with Gasteiger partial charge in [0.2, 0.25) is 0 Å². The van der Waals surface area contributed by atoms with Crippen LogP contribution in [0.2, 0.25) is 15.1 Å². The summed E-state index contributed by atoms with van der Waals surface area (Å²) in [5, 5.41) is 12.4. The van der Waals surface area contributed by atoms with Crippen LogP contribution in [0.4, 0.5) is 13.2 Å². The zero-order valence-electron chi connectivity index (χ0n) is 24.5. The van der Waals surface area contributed by atoms with Gasteiger partial charge in [0, 0.05) is 12.2 Å². The molecule has 4 aromatic rings. The first-order chi connectivity index (χ1) is 21.1. The number of hydrogen-bond donors (Lipinski definition) is 2. The molecule has 4 rings (SSSR count). The highest BCUT2D eigenvalue weighted by Crippen LogP contribution is 2.34. The number of nitrogens with zero attached hydrogens (tertiary/aromatic N) is 4. The van der Waals surface area contributed by atoms with Gasteiger partial charge >= 0.3 is 17.8 Å². The van der Waals surface area contributed by atoms with Crippen molar-refractivity contribution in [3.05, 3.63) is 103 Å². The fourth-order valence-electron chi connectivity index (χ4n) is 4.72. The number of hydrogen-bond acceptors (Lipinski definition) is 5. The van der Waals surface area contributed by atoms with Gasteiger partial charge < -0.3 is 15.7 Å². The Morgan fingerprint density at radius 2 is 1.67 bits per heavy atom. The Morgan fingerprint density at radius 1 is 1.04 bits per heavy atom. The monoisotopic (exact) mass is 687 g/mol. The highest BCUT2D eigenvalue weighted by molar-refractivity contribution is 6.43. The SMILES string of the molecule is Cc1nn2c(=O)n(Cc3ccccc3)c(C(C(C)C)N(CCCN)C(=O)c3cccc(Cl)c3Cl)cc2c1Cl.O=C(O)C(F)(F)F. The second-order valence-electron chi connectivity index (χ2n) is 10.4. The van der Waals surface area contributed by atoms with Crippen LogP contribution in [0.15, 0.2) is 59.4 Å². The quantitative estimate of drug-likeness (QED) is 0.204. The van der Waals surface area contributed by atoms with Gasteiger partial charge in [0.25, 0.3) is 5.91 Å². The van der Waals surface area contributed by atoms with E-state index in [1.165, 1.54) is 4.52 Å². The van der Waals surface area contributed by atoms with Crippen molar-refractivity contribution < 1.29 is 27.9 Å². The summed E-state index contributed by atoms with van der Waals surface area (Å²) in [6.45, 7) is 6.82. The van der Waals surface area contributed by atoms with Crippen LogP contribution in [-0.4, -0.2) is 55.3 Å². The number of alkyl halides is 3. The molecule has 2 aromatic heterocycles. The minimum absolute atomic E-state index is 0.0821. The van der Waals surface area contributed by atoms with E-state index in [9.17, 15) is 22.8 Å². The third kappa shape index (κ3) is 8.37. The largest absolute Gasteiger partial charge is 0.490 e. The molecule has 15 heteroatoms. The number of carboxylic acid groups (broad SMARTS) is 1. The molecular weight excluding hydrogens is 658 g/mol. The van der Waals surface area contributed by atoms with Crippen molar-refractivity contribution in [2.75, 3.05) is 13.1 Å². The van der Waals surface area contributed by atoms with E-state index in [-0.39, 0.29) is 28.1 Å². The average Bonchev–Trinajstić information content (AvgIpc) is 3.27. The number of amides is 1. The summed E-state index contributed by atoms with van der Waals surface area (Å²) in [5.74, 6) is -3.13. The summed E-state index contributed by atoms with van der Waals surface area (Å²) in [7, 11) is 0. The molecule has 1 atom stereocenters. The van der Waals surface area contributed by atoms with E-state index in [2.05, 4.69) is 5.10 Å². The Kier molecular flexibility index (Phi) is 12.1. The maximum absolute atomic E-state index is 14.0. The highest BCUT2D eigenvalue weighted by atomic mass is 35.5. The zero-order valence-corrected chi connectivity index (χ0v) is 26.8. The lowest BCUT2D eigenvalue weighted by atomic mass is 9.96. The minimum atomic E-state index is -5.08. The Morgan fingerprint density at radius 3 is 2.22 bits per heavy atom. The van der Waals surface area contributed by atoms with Gasteiger partial charge in [-0.2, -0.15) is 22.8 Å². The molecule has 0 aliphatic rings. The second kappa shape index (κ2) is 15.1. The van der Waals surface area contributed by atoms with Gasteiger partial charge in [-0.15, -0.1) is 0 Å². The molecule has 2 aromatic carbocycles. The molecule has 0 aliphatic carbocycles. The van der Waals surface area contributed by atoms with Crippen LogP contribution in [0, 0.1) is 12.8 Å². The molecule has 0 bridgehead atoms. The second-order valence-corrected chi connectivity index (χ2v) is 11.5. The van der Waals surface area contributed by atoms with E-state index >= 15 is 0 Å². The standard InChI is InChI=1S/C28H30Cl3N5O2.C2HF3O2/c1-17(2)26(34(14-8-13-32)27(37)20-11-7-12-21(29)25(20)31)23-15-22-24(30)18(3)33-36(22)28(38)35(23)16-19-9-5-4-6-10-19;3-2(4,5)1(6)7/h4-7,9-12,15,17,26H,8,13-14,16,32H2,1-3H3;(H,6,7). The van der Waals surface area contributed by atoms with Crippen molar-refractivity contribution in [2.24, 2.45) is 11.7 Å². The third-order valence-electron chi connectivity index (χ3n) is 6.77. The molecule has 0 fully saturated rings. The number of rotatable bonds is 9. The summed E-state index contributed by atoms with van der Waals surface area (Å²) >= 11 is 19.3. The van der Waals surface area contributed by atoms with Crippen molar-refractivity contribution in [3.63, 3.8) is 0 Å². The van der Waals surface area contributed by atoms with Crippen LogP contribution in [-0.2, 0) is 11.3 Å². The number of aryl methyl sites for hydroxylation is 1. The smallest absolute Gasteiger partial charge is 0.475 e. The van der Waals surface area contributed by atoms with Gasteiger partial charge in [0.1, 0.15) is 0 Å². The molecule has 1 unspecified atom stereocenters. The normalized spacial score (nSPS) is 12.2. The molecule has 0 radical (unpaired) electrons. The predicted molar refractivity (Wildman–Crippen MR) is 167 cm³/mol. The summed E-state index contributed by atoms with van der Waals surface area (Å²) < 4.78 is 34.7. The lowest BCUT2D eigenvalue weighted by molar-refractivity contribution is -0.192. The molecule has 0 saturated carbocycles. The predicted octanol–water partition coefficient (Wildman–Crippen LogP) is 6.63. The number of carbonyl (C=O) groups excluding carboxylic acids is 1. The topological polar surface area (TPSA) is 123 Å². The maximum Gasteiger partial charge on any atom is 0.490 e. The van der Waals surface area contributed by atoms with Gasteiger partial charge in [-0.1, -0.05) is 85.0 Å². The zero-order chi connectivity index (χ0) is 33.6. The van der Waals surface area contributed by atoms with Gasteiger partial charge in [-0.05, 0) is 49.6 Å². The number of aromatic nitrogens is 3. The fraction of sp³-hybridized carbons (Fsp3) is 0.333. The molecule has 2 heterocycles. The van der Waals surface area contributed by atoms with Gasteiger partial charge in [-0.25, -0.2) is 9.59 Å². The minimum Gasteiger partial charge on any atom is -0.475 e. The number of carbonyl (C=O) groups is 2. The highest BCUT2D eigenvalue weighted by Gasteiger charge is 2.38. The van der Waals surface area contributed by atoms with Gasteiger partial charge in [-0.3, -0.25) is 9.36 Å². The molecule has 0 aliphatic heterocycles. The first-order valence-electron chi connectivity index (χ1n) is 13.7. The first-order valence-corrected chi connectivity index (χ1v) is 14.8. The Labute approximate surface area is 271 Å². The number of fused-ring (bicyclic) bond motifs is 1.